The second-order valence-corrected chi connectivity index (χ2v) is 5.33. The first-order valence-corrected chi connectivity index (χ1v) is 6.51. The SMILES string of the molecule is OCCc1ccc(NCc2ncc(Cl)s2)cc1. The van der Waals surface area contributed by atoms with Gasteiger partial charge in [0, 0.05) is 12.3 Å². The van der Waals surface area contributed by atoms with Gasteiger partial charge in [-0.15, -0.1) is 11.3 Å². The van der Waals surface area contributed by atoms with Crippen LogP contribution in [0.4, 0.5) is 5.69 Å². The molecule has 5 heteroatoms. The Morgan fingerprint density at radius 1 is 1.29 bits per heavy atom. The molecule has 90 valence electrons. The van der Waals surface area contributed by atoms with Crippen LogP contribution < -0.4 is 5.32 Å². The second kappa shape index (κ2) is 6.00. The van der Waals surface area contributed by atoms with Crippen LogP contribution in [0.2, 0.25) is 4.34 Å². The monoisotopic (exact) mass is 268 g/mol. The fourth-order valence-corrected chi connectivity index (χ4v) is 2.36. The number of hydrogen-bond donors (Lipinski definition) is 2. The zero-order valence-electron chi connectivity index (χ0n) is 9.19. The highest BCUT2D eigenvalue weighted by atomic mass is 35.5. The average Bonchev–Trinajstić information content (AvgIpc) is 2.75. The molecule has 0 spiro atoms. The first-order chi connectivity index (χ1) is 8.28. The summed E-state index contributed by atoms with van der Waals surface area (Å²) in [6, 6.07) is 8.02. The van der Waals surface area contributed by atoms with Gasteiger partial charge < -0.3 is 10.4 Å². The van der Waals surface area contributed by atoms with Crippen LogP contribution in [0.1, 0.15) is 10.6 Å². The number of halogens is 1. The Balaban J connectivity index is 1.90. The van der Waals surface area contributed by atoms with Crippen LogP contribution in [-0.2, 0) is 13.0 Å². The summed E-state index contributed by atoms with van der Waals surface area (Å²) in [5.74, 6) is 0. The number of benzene rings is 1. The molecule has 3 nitrogen and oxygen atoms in total. The molecule has 0 atom stereocenters. The van der Waals surface area contributed by atoms with Crippen molar-refractivity contribution in [2.75, 3.05) is 11.9 Å². The molecule has 0 aliphatic rings. The van der Waals surface area contributed by atoms with Gasteiger partial charge in [-0.25, -0.2) is 4.98 Å². The van der Waals surface area contributed by atoms with E-state index >= 15 is 0 Å². The summed E-state index contributed by atoms with van der Waals surface area (Å²) in [7, 11) is 0. The fourth-order valence-electron chi connectivity index (χ4n) is 1.47. The minimum Gasteiger partial charge on any atom is -0.396 e. The van der Waals surface area contributed by atoms with E-state index in [4.69, 9.17) is 16.7 Å². The molecule has 2 rings (SSSR count). The quantitative estimate of drug-likeness (QED) is 0.876. The van der Waals surface area contributed by atoms with Gasteiger partial charge in [0.2, 0.25) is 0 Å². The molecule has 17 heavy (non-hydrogen) atoms. The zero-order valence-corrected chi connectivity index (χ0v) is 10.8. The molecule has 0 saturated heterocycles. The Hall–Kier alpha value is -1.10. The molecule has 0 radical (unpaired) electrons. The standard InChI is InChI=1S/C12H13ClN2OS/c13-11-7-15-12(17-11)8-14-10-3-1-9(2-4-10)5-6-16/h1-4,7,14,16H,5-6,8H2. The molecule has 0 unspecified atom stereocenters. The lowest BCUT2D eigenvalue weighted by Crippen LogP contribution is -1.99. The van der Waals surface area contributed by atoms with Crippen molar-refractivity contribution >= 4 is 28.6 Å². The number of rotatable bonds is 5. The van der Waals surface area contributed by atoms with Crippen LogP contribution in [0.5, 0.6) is 0 Å². The van der Waals surface area contributed by atoms with Crippen LogP contribution in [0, 0.1) is 0 Å². The van der Waals surface area contributed by atoms with Crippen molar-refractivity contribution in [3.8, 4) is 0 Å². The van der Waals surface area contributed by atoms with E-state index in [0.29, 0.717) is 17.3 Å². The van der Waals surface area contributed by atoms with E-state index in [1.54, 1.807) is 6.20 Å². The van der Waals surface area contributed by atoms with Crippen molar-refractivity contribution in [3.05, 3.63) is 45.4 Å². The smallest absolute Gasteiger partial charge is 0.113 e. The molecule has 0 fully saturated rings. The molecular formula is C12H13ClN2OS. The molecule has 2 N–H and O–H groups in total. The van der Waals surface area contributed by atoms with Crippen molar-refractivity contribution in [2.45, 2.75) is 13.0 Å². The highest BCUT2D eigenvalue weighted by Gasteiger charge is 1.99. The van der Waals surface area contributed by atoms with Crippen molar-refractivity contribution in [2.24, 2.45) is 0 Å². The number of anilines is 1. The summed E-state index contributed by atoms with van der Waals surface area (Å²) in [4.78, 5) is 4.17. The molecule has 0 saturated carbocycles. The maximum atomic E-state index is 8.81. The fraction of sp³-hybridized carbons (Fsp3) is 0.250. The lowest BCUT2D eigenvalue weighted by atomic mass is 10.1. The van der Waals surface area contributed by atoms with E-state index in [9.17, 15) is 0 Å². The molecule has 0 amide bonds. The van der Waals surface area contributed by atoms with Crippen molar-refractivity contribution in [1.82, 2.24) is 4.98 Å². The number of thiazole rings is 1. The summed E-state index contributed by atoms with van der Waals surface area (Å²) < 4.78 is 0.708. The van der Waals surface area contributed by atoms with Crippen molar-refractivity contribution < 1.29 is 5.11 Å². The highest BCUT2D eigenvalue weighted by Crippen LogP contribution is 2.19. The molecule has 0 aliphatic heterocycles. The Morgan fingerprint density at radius 3 is 2.65 bits per heavy atom. The minimum atomic E-state index is 0.185. The third-order valence-electron chi connectivity index (χ3n) is 2.32. The molecule has 1 heterocycles. The largest absolute Gasteiger partial charge is 0.396 e. The van der Waals surface area contributed by atoms with Gasteiger partial charge in [0.25, 0.3) is 0 Å². The van der Waals surface area contributed by atoms with E-state index in [1.165, 1.54) is 11.3 Å². The third-order valence-corrected chi connectivity index (χ3v) is 3.44. The van der Waals surface area contributed by atoms with Gasteiger partial charge >= 0.3 is 0 Å². The Labute approximate surface area is 109 Å². The van der Waals surface area contributed by atoms with Crippen LogP contribution >= 0.6 is 22.9 Å². The number of aromatic nitrogens is 1. The van der Waals surface area contributed by atoms with E-state index in [2.05, 4.69) is 10.3 Å². The van der Waals surface area contributed by atoms with E-state index < -0.39 is 0 Å². The van der Waals surface area contributed by atoms with Crippen LogP contribution in [0.3, 0.4) is 0 Å². The number of nitrogens with one attached hydrogen (secondary N) is 1. The lowest BCUT2D eigenvalue weighted by Gasteiger charge is -2.05. The Morgan fingerprint density at radius 2 is 2.06 bits per heavy atom. The first-order valence-electron chi connectivity index (χ1n) is 5.32. The minimum absolute atomic E-state index is 0.185. The predicted octanol–water partition coefficient (Wildman–Crippen LogP) is 2.94. The second-order valence-electron chi connectivity index (χ2n) is 3.58. The van der Waals surface area contributed by atoms with Gasteiger partial charge in [0.15, 0.2) is 0 Å². The molecule has 1 aromatic carbocycles. The van der Waals surface area contributed by atoms with Gasteiger partial charge in [-0.1, -0.05) is 23.7 Å². The van der Waals surface area contributed by atoms with Gasteiger partial charge in [-0.3, -0.25) is 0 Å². The summed E-state index contributed by atoms with van der Waals surface area (Å²) in [6.07, 6.45) is 2.36. The average molecular weight is 269 g/mol. The number of hydrogen-bond acceptors (Lipinski definition) is 4. The number of aliphatic hydroxyl groups is 1. The van der Waals surface area contributed by atoms with Crippen LogP contribution in [-0.4, -0.2) is 16.7 Å². The van der Waals surface area contributed by atoms with Crippen LogP contribution in [0.25, 0.3) is 0 Å². The lowest BCUT2D eigenvalue weighted by molar-refractivity contribution is 0.299. The molecule has 1 aromatic heterocycles. The van der Waals surface area contributed by atoms with Crippen molar-refractivity contribution in [1.29, 1.82) is 0 Å². The normalized spacial score (nSPS) is 10.5. The first kappa shape index (κ1) is 12.4. The summed E-state index contributed by atoms with van der Waals surface area (Å²) in [5.41, 5.74) is 2.17. The maximum Gasteiger partial charge on any atom is 0.113 e. The number of nitrogens with zero attached hydrogens (tertiary/aromatic N) is 1. The summed E-state index contributed by atoms with van der Waals surface area (Å²) in [5, 5.41) is 13.0. The molecule has 2 aromatic rings. The van der Waals surface area contributed by atoms with Crippen molar-refractivity contribution in [3.63, 3.8) is 0 Å². The van der Waals surface area contributed by atoms with E-state index in [1.807, 2.05) is 24.3 Å². The van der Waals surface area contributed by atoms with Gasteiger partial charge in [-0.05, 0) is 24.1 Å². The number of aliphatic hydroxyl groups excluding tert-OH is 1. The van der Waals surface area contributed by atoms with E-state index in [0.717, 1.165) is 16.3 Å². The summed E-state index contributed by atoms with van der Waals surface area (Å²) in [6.45, 7) is 0.862. The van der Waals surface area contributed by atoms with Gasteiger partial charge in [0.1, 0.15) is 9.34 Å². The molecular weight excluding hydrogens is 256 g/mol. The highest BCUT2D eigenvalue weighted by molar-refractivity contribution is 7.15. The predicted molar refractivity (Wildman–Crippen MR) is 71.7 cm³/mol. The zero-order chi connectivity index (χ0) is 12.1. The Kier molecular flexibility index (Phi) is 4.36. The Bertz CT molecular complexity index is 470. The van der Waals surface area contributed by atoms with Crippen LogP contribution in [0.15, 0.2) is 30.5 Å². The van der Waals surface area contributed by atoms with E-state index in [-0.39, 0.29) is 6.61 Å². The topological polar surface area (TPSA) is 45.1 Å². The third kappa shape index (κ3) is 3.70. The summed E-state index contributed by atoms with van der Waals surface area (Å²) >= 11 is 7.28. The van der Waals surface area contributed by atoms with Gasteiger partial charge in [-0.2, -0.15) is 0 Å². The van der Waals surface area contributed by atoms with Gasteiger partial charge in [0.05, 0.1) is 12.7 Å². The molecule has 0 bridgehead atoms. The maximum absolute atomic E-state index is 8.81. The molecule has 0 aliphatic carbocycles.